The molecule has 0 spiro atoms. The first kappa shape index (κ1) is 21.9. The first-order chi connectivity index (χ1) is 15.5. The molecule has 1 unspecified atom stereocenters. The highest BCUT2D eigenvalue weighted by molar-refractivity contribution is 7.19. The second-order valence-corrected chi connectivity index (χ2v) is 8.58. The zero-order chi connectivity index (χ0) is 22.7. The summed E-state index contributed by atoms with van der Waals surface area (Å²) in [7, 11) is 0. The van der Waals surface area contributed by atoms with Crippen LogP contribution in [0.1, 0.15) is 17.0 Å². The molecule has 2 N–H and O–H groups in total. The van der Waals surface area contributed by atoms with Crippen molar-refractivity contribution in [1.29, 1.82) is 5.26 Å². The number of anilines is 1. The molecule has 3 heterocycles. The van der Waals surface area contributed by atoms with Gasteiger partial charge in [0.2, 0.25) is 0 Å². The van der Waals surface area contributed by atoms with E-state index in [0.717, 1.165) is 27.4 Å². The average Bonchev–Trinajstić information content (AvgIpc) is 3.22. The van der Waals surface area contributed by atoms with Crippen molar-refractivity contribution in [3.05, 3.63) is 53.3 Å². The number of benzene rings is 1. The Labute approximate surface area is 190 Å². The predicted molar refractivity (Wildman–Crippen MR) is 122 cm³/mol. The number of rotatable bonds is 4. The van der Waals surface area contributed by atoms with Gasteiger partial charge < -0.3 is 14.7 Å². The number of aromatic nitrogens is 2. The Morgan fingerprint density at radius 2 is 2.06 bits per heavy atom. The summed E-state index contributed by atoms with van der Waals surface area (Å²) in [4.78, 5) is 24.5. The van der Waals surface area contributed by atoms with Crippen LogP contribution < -0.4 is 5.32 Å². The maximum absolute atomic E-state index is 12.8. The highest BCUT2D eigenvalue weighted by atomic mass is 32.1. The van der Waals surface area contributed by atoms with Gasteiger partial charge in [-0.1, -0.05) is 23.5 Å². The summed E-state index contributed by atoms with van der Waals surface area (Å²) in [6.45, 7) is 4.88. The van der Waals surface area contributed by atoms with Crippen molar-refractivity contribution in [3.63, 3.8) is 0 Å². The molecule has 1 fully saturated rings. The molecule has 0 saturated carbocycles. The molecule has 164 valence electrons. The number of carbonyl (C=O) groups excluding carboxylic acids is 1. The summed E-state index contributed by atoms with van der Waals surface area (Å²) in [5.74, 6) is 0. The minimum atomic E-state index is -0.381. The van der Waals surface area contributed by atoms with Crippen molar-refractivity contribution in [2.24, 2.45) is 0 Å². The lowest BCUT2D eigenvalue weighted by atomic mass is 10.0. The van der Waals surface area contributed by atoms with Crippen LogP contribution in [-0.2, 0) is 4.74 Å². The molecule has 1 atom stereocenters. The third-order valence-electron chi connectivity index (χ3n) is 5.08. The number of nitriles is 1. The molecule has 0 bridgehead atoms. The Hall–Kier alpha value is -3.32. The van der Waals surface area contributed by atoms with E-state index in [1.54, 1.807) is 17.0 Å². The van der Waals surface area contributed by atoms with Crippen molar-refractivity contribution < 1.29 is 14.6 Å². The largest absolute Gasteiger partial charge is 0.394 e. The Balaban J connectivity index is 1.70. The number of nitrogens with zero attached hydrogens (tertiary/aromatic N) is 4. The second-order valence-electron chi connectivity index (χ2n) is 7.58. The number of urea groups is 1. The zero-order valence-electron chi connectivity index (χ0n) is 17.8. The number of pyridine rings is 1. The van der Waals surface area contributed by atoms with Crippen molar-refractivity contribution >= 4 is 22.5 Å². The van der Waals surface area contributed by atoms with Gasteiger partial charge in [0, 0.05) is 23.5 Å². The highest BCUT2D eigenvalue weighted by Gasteiger charge is 2.25. The van der Waals surface area contributed by atoms with E-state index in [9.17, 15) is 15.2 Å². The normalized spacial score (nSPS) is 15.9. The lowest BCUT2D eigenvalue weighted by molar-refractivity contribution is -0.0388. The van der Waals surface area contributed by atoms with Gasteiger partial charge in [0.15, 0.2) is 5.13 Å². The molecule has 4 rings (SSSR count). The van der Waals surface area contributed by atoms with Gasteiger partial charge in [-0.05, 0) is 43.7 Å². The third-order valence-corrected chi connectivity index (χ3v) is 6.10. The van der Waals surface area contributed by atoms with Gasteiger partial charge >= 0.3 is 6.03 Å². The van der Waals surface area contributed by atoms with Crippen LogP contribution in [0, 0.1) is 25.2 Å². The van der Waals surface area contributed by atoms with E-state index in [2.05, 4.69) is 16.4 Å². The van der Waals surface area contributed by atoms with Crippen LogP contribution in [0.15, 0.2) is 36.4 Å². The van der Waals surface area contributed by atoms with Crippen LogP contribution in [-0.4, -0.2) is 58.4 Å². The van der Waals surface area contributed by atoms with E-state index in [0.29, 0.717) is 36.1 Å². The van der Waals surface area contributed by atoms with Gasteiger partial charge in [-0.3, -0.25) is 10.3 Å². The van der Waals surface area contributed by atoms with Crippen LogP contribution in [0.3, 0.4) is 0 Å². The molecule has 32 heavy (non-hydrogen) atoms. The standard InChI is InChI=1S/C23H23N5O3S/c1-14-8-18(9-15(2)25-14)21-20(17-5-3-4-16(10-17)11-24)26-22(32-21)27-23(30)28-6-7-31-19(12-28)13-29/h3-5,8-10,19,29H,6-7,12-13H2,1-2H3,(H,26,27,30). The van der Waals surface area contributed by atoms with Crippen molar-refractivity contribution in [2.75, 3.05) is 31.6 Å². The minimum absolute atomic E-state index is 0.134. The summed E-state index contributed by atoms with van der Waals surface area (Å²) in [6.07, 6.45) is -0.381. The molecule has 1 aliphatic rings. The molecule has 1 aliphatic heterocycles. The van der Waals surface area contributed by atoms with E-state index in [4.69, 9.17) is 9.72 Å². The van der Waals surface area contributed by atoms with Crippen molar-refractivity contribution in [3.8, 4) is 27.8 Å². The van der Waals surface area contributed by atoms with Gasteiger partial charge in [0.1, 0.15) is 0 Å². The number of carbonyl (C=O) groups is 1. The third kappa shape index (κ3) is 4.78. The van der Waals surface area contributed by atoms with Crippen LogP contribution in [0.2, 0.25) is 0 Å². The number of hydrogen-bond acceptors (Lipinski definition) is 7. The molecule has 8 nitrogen and oxygen atoms in total. The summed E-state index contributed by atoms with van der Waals surface area (Å²) in [6, 6.07) is 13.1. The second kappa shape index (κ2) is 9.44. The molecule has 2 amide bonds. The zero-order valence-corrected chi connectivity index (χ0v) is 18.6. The molecule has 9 heteroatoms. The Kier molecular flexibility index (Phi) is 6.46. The first-order valence-electron chi connectivity index (χ1n) is 10.2. The Bertz CT molecular complexity index is 1170. The number of morpholine rings is 1. The molecule has 3 aromatic rings. The number of aliphatic hydroxyl groups is 1. The van der Waals surface area contributed by atoms with Crippen molar-refractivity contribution in [2.45, 2.75) is 20.0 Å². The SMILES string of the molecule is Cc1cc(-c2sc(NC(=O)N3CCOC(CO)C3)nc2-c2cccc(C#N)c2)cc(C)n1. The fraction of sp³-hybridized carbons (Fsp3) is 0.304. The van der Waals surface area contributed by atoms with Crippen LogP contribution >= 0.6 is 11.3 Å². The van der Waals surface area contributed by atoms with E-state index >= 15 is 0 Å². The van der Waals surface area contributed by atoms with Crippen LogP contribution in [0.4, 0.5) is 9.93 Å². The van der Waals surface area contributed by atoms with Crippen molar-refractivity contribution in [1.82, 2.24) is 14.9 Å². The molecular formula is C23H23N5O3S. The number of nitrogens with one attached hydrogen (secondary N) is 1. The quantitative estimate of drug-likeness (QED) is 0.630. The maximum atomic E-state index is 12.8. The molecule has 1 saturated heterocycles. The fourth-order valence-electron chi connectivity index (χ4n) is 3.65. The summed E-state index contributed by atoms with van der Waals surface area (Å²) in [5.41, 5.74) is 4.77. The molecule has 2 aromatic heterocycles. The lowest BCUT2D eigenvalue weighted by Gasteiger charge is -2.31. The molecular weight excluding hydrogens is 426 g/mol. The summed E-state index contributed by atoms with van der Waals surface area (Å²) >= 11 is 1.38. The fourth-order valence-corrected chi connectivity index (χ4v) is 4.62. The first-order valence-corrected chi connectivity index (χ1v) is 11.0. The van der Waals surface area contributed by atoms with Gasteiger partial charge in [0.25, 0.3) is 0 Å². The highest BCUT2D eigenvalue weighted by Crippen LogP contribution is 2.39. The number of amides is 2. The van der Waals surface area contributed by atoms with E-state index in [1.807, 2.05) is 38.1 Å². The lowest BCUT2D eigenvalue weighted by Crippen LogP contribution is -2.48. The number of hydrogen-bond donors (Lipinski definition) is 2. The Morgan fingerprint density at radius 1 is 1.28 bits per heavy atom. The number of aliphatic hydroxyl groups excluding tert-OH is 1. The van der Waals surface area contributed by atoms with E-state index in [-0.39, 0.29) is 18.7 Å². The molecule has 0 radical (unpaired) electrons. The van der Waals surface area contributed by atoms with Crippen LogP contribution in [0.25, 0.3) is 21.7 Å². The molecule has 1 aromatic carbocycles. The average molecular weight is 450 g/mol. The van der Waals surface area contributed by atoms with Gasteiger partial charge in [-0.25, -0.2) is 9.78 Å². The maximum Gasteiger partial charge on any atom is 0.323 e. The van der Waals surface area contributed by atoms with Crippen LogP contribution in [0.5, 0.6) is 0 Å². The van der Waals surface area contributed by atoms with Gasteiger partial charge in [-0.2, -0.15) is 5.26 Å². The monoisotopic (exact) mass is 449 g/mol. The summed E-state index contributed by atoms with van der Waals surface area (Å²) < 4.78 is 5.42. The topological polar surface area (TPSA) is 111 Å². The number of aryl methyl sites for hydroxylation is 2. The Morgan fingerprint density at radius 3 is 2.78 bits per heavy atom. The minimum Gasteiger partial charge on any atom is -0.394 e. The smallest absolute Gasteiger partial charge is 0.323 e. The molecule has 0 aliphatic carbocycles. The van der Waals surface area contributed by atoms with E-state index in [1.165, 1.54) is 11.3 Å². The summed E-state index contributed by atoms with van der Waals surface area (Å²) in [5, 5.41) is 22.0. The van der Waals surface area contributed by atoms with E-state index < -0.39 is 0 Å². The number of ether oxygens (including phenoxy) is 1. The van der Waals surface area contributed by atoms with Gasteiger partial charge in [-0.15, -0.1) is 0 Å². The number of thiazole rings is 1. The predicted octanol–water partition coefficient (Wildman–Crippen LogP) is 3.59. The van der Waals surface area contributed by atoms with Gasteiger partial charge in [0.05, 0.1) is 48.1 Å².